The van der Waals surface area contributed by atoms with Crippen LogP contribution >= 0.6 is 11.3 Å². The predicted molar refractivity (Wildman–Crippen MR) is 94.7 cm³/mol. The number of rotatable bonds is 5. The molecule has 0 bridgehead atoms. The smallest absolute Gasteiger partial charge is 0.286 e. The summed E-state index contributed by atoms with van der Waals surface area (Å²) in [5, 5.41) is 18.3. The van der Waals surface area contributed by atoms with E-state index in [-0.39, 0.29) is 16.4 Å². The van der Waals surface area contributed by atoms with Gasteiger partial charge in [-0.1, -0.05) is 23.5 Å². The van der Waals surface area contributed by atoms with Crippen LogP contribution in [-0.4, -0.2) is 60.1 Å². The fraction of sp³-hybridized carbons (Fsp3) is 0.333. The molecule has 0 saturated carbocycles. The third-order valence-corrected chi connectivity index (χ3v) is 7.04. The number of aliphatic hydroxyl groups excluding tert-OH is 1. The first kappa shape index (κ1) is 18.7. The number of piperazine rings is 1. The second-order valence-corrected chi connectivity index (χ2v) is 8.59. The lowest BCUT2D eigenvalue weighted by atomic mass is 10.2. The molecule has 3 N–H and O–H groups in total. The van der Waals surface area contributed by atoms with Gasteiger partial charge < -0.3 is 10.0 Å². The van der Waals surface area contributed by atoms with Crippen LogP contribution in [0.15, 0.2) is 35.4 Å². The Kier molecular flexibility index (Phi) is 5.53. The number of benzene rings is 1. The Morgan fingerprint density at radius 1 is 1.19 bits per heavy atom. The molecule has 0 unspecified atom stereocenters. The molecular formula is C15H18N4O5S2. The Bertz CT molecular complexity index is 874. The van der Waals surface area contributed by atoms with Gasteiger partial charge in [0.1, 0.15) is 4.88 Å². The highest BCUT2D eigenvalue weighted by Gasteiger charge is 2.29. The molecule has 0 aliphatic carbocycles. The quantitative estimate of drug-likeness (QED) is 0.488. The number of thiazole rings is 1. The molecule has 1 aliphatic rings. The Labute approximate surface area is 154 Å². The van der Waals surface area contributed by atoms with E-state index in [9.17, 15) is 13.2 Å². The van der Waals surface area contributed by atoms with Gasteiger partial charge in [-0.2, -0.15) is 4.31 Å². The Morgan fingerprint density at radius 3 is 2.42 bits per heavy atom. The molecule has 140 valence electrons. The van der Waals surface area contributed by atoms with E-state index < -0.39 is 15.9 Å². The van der Waals surface area contributed by atoms with Crippen LogP contribution in [0.5, 0.6) is 0 Å². The molecule has 26 heavy (non-hydrogen) atoms. The van der Waals surface area contributed by atoms with Gasteiger partial charge in [0.25, 0.3) is 5.91 Å². The minimum absolute atomic E-state index is 0.136. The molecule has 11 heteroatoms. The summed E-state index contributed by atoms with van der Waals surface area (Å²) < 4.78 is 26.8. The van der Waals surface area contributed by atoms with Gasteiger partial charge in [0.2, 0.25) is 10.0 Å². The molecule has 1 fully saturated rings. The fourth-order valence-electron chi connectivity index (χ4n) is 2.61. The third-order valence-electron chi connectivity index (χ3n) is 4.07. The minimum atomic E-state index is -3.59. The number of anilines is 1. The van der Waals surface area contributed by atoms with Gasteiger partial charge in [-0.3, -0.25) is 10.0 Å². The summed E-state index contributed by atoms with van der Waals surface area (Å²) in [7, 11) is -3.59. The lowest BCUT2D eigenvalue weighted by molar-refractivity contribution is 0.0710. The minimum Gasteiger partial charge on any atom is -0.392 e. The van der Waals surface area contributed by atoms with Crippen molar-refractivity contribution in [3.63, 3.8) is 0 Å². The molecule has 0 atom stereocenters. The number of hydrogen-bond donors (Lipinski definition) is 3. The van der Waals surface area contributed by atoms with Gasteiger partial charge >= 0.3 is 0 Å². The summed E-state index contributed by atoms with van der Waals surface area (Å²) in [5.41, 5.74) is 2.21. The number of hydrogen-bond acceptors (Lipinski definition) is 8. The normalized spacial score (nSPS) is 15.8. The first-order valence-corrected chi connectivity index (χ1v) is 10.1. The fourth-order valence-corrected chi connectivity index (χ4v) is 4.89. The van der Waals surface area contributed by atoms with Crippen molar-refractivity contribution in [2.75, 3.05) is 31.1 Å². The van der Waals surface area contributed by atoms with Gasteiger partial charge in [-0.15, -0.1) is 0 Å². The van der Waals surface area contributed by atoms with Gasteiger partial charge in [-0.25, -0.2) is 18.9 Å². The van der Waals surface area contributed by atoms with Crippen molar-refractivity contribution in [3.05, 3.63) is 40.9 Å². The zero-order chi connectivity index (χ0) is 18.7. The van der Waals surface area contributed by atoms with Crippen molar-refractivity contribution in [3.8, 4) is 0 Å². The molecule has 2 heterocycles. The topological polar surface area (TPSA) is 123 Å². The van der Waals surface area contributed by atoms with Crippen molar-refractivity contribution in [1.82, 2.24) is 14.8 Å². The Balaban J connectivity index is 1.67. The second-order valence-electron chi connectivity index (χ2n) is 5.64. The SMILES string of the molecule is O=C(NO)c1cnc(N2CCN(S(=O)(=O)c3ccc(CO)cc3)CC2)s1. The van der Waals surface area contributed by atoms with E-state index >= 15 is 0 Å². The molecule has 1 aromatic heterocycles. The molecule has 0 spiro atoms. The molecule has 1 amide bonds. The number of sulfonamides is 1. The largest absolute Gasteiger partial charge is 0.392 e. The van der Waals surface area contributed by atoms with Crippen molar-refractivity contribution in [2.45, 2.75) is 11.5 Å². The molecule has 1 aromatic carbocycles. The average Bonchev–Trinajstić information content (AvgIpc) is 3.17. The molecular weight excluding hydrogens is 380 g/mol. The molecule has 2 aromatic rings. The van der Waals surface area contributed by atoms with E-state index in [4.69, 9.17) is 10.3 Å². The highest BCUT2D eigenvalue weighted by atomic mass is 32.2. The summed E-state index contributed by atoms with van der Waals surface area (Å²) in [5.74, 6) is -0.624. The summed E-state index contributed by atoms with van der Waals surface area (Å²) in [6.45, 7) is 1.35. The molecule has 1 saturated heterocycles. The summed E-state index contributed by atoms with van der Waals surface area (Å²) in [6, 6.07) is 6.17. The van der Waals surface area contributed by atoms with Crippen molar-refractivity contribution in [1.29, 1.82) is 0 Å². The predicted octanol–water partition coefficient (Wildman–Crippen LogP) is 0.265. The van der Waals surface area contributed by atoms with Gasteiger partial charge in [0.05, 0.1) is 17.7 Å². The van der Waals surface area contributed by atoms with Crippen molar-refractivity contribution >= 4 is 32.4 Å². The van der Waals surface area contributed by atoms with E-state index in [0.717, 1.165) is 11.3 Å². The Hall–Kier alpha value is -2.05. The lowest BCUT2D eigenvalue weighted by Crippen LogP contribution is -2.48. The molecule has 0 radical (unpaired) electrons. The van der Waals surface area contributed by atoms with Crippen LogP contribution in [0.3, 0.4) is 0 Å². The summed E-state index contributed by atoms with van der Waals surface area (Å²) in [4.78, 5) is 17.9. The Morgan fingerprint density at radius 2 is 1.85 bits per heavy atom. The van der Waals surface area contributed by atoms with E-state index in [1.807, 2.05) is 4.90 Å². The maximum Gasteiger partial charge on any atom is 0.286 e. The number of aromatic nitrogens is 1. The van der Waals surface area contributed by atoms with Crippen LogP contribution in [0, 0.1) is 0 Å². The molecule has 9 nitrogen and oxygen atoms in total. The number of carbonyl (C=O) groups excluding carboxylic acids is 1. The molecule has 3 rings (SSSR count). The van der Waals surface area contributed by atoms with Gasteiger partial charge in [0.15, 0.2) is 5.13 Å². The highest BCUT2D eigenvalue weighted by Crippen LogP contribution is 2.25. The molecule has 1 aliphatic heterocycles. The van der Waals surface area contributed by atoms with Gasteiger partial charge in [-0.05, 0) is 17.7 Å². The standard InChI is InChI=1S/C15H18N4O5S2/c20-10-11-1-3-12(4-2-11)26(23,24)19-7-5-18(6-8-19)15-16-9-13(25-15)14(21)17-22/h1-4,9,20,22H,5-8,10H2,(H,17,21). The average molecular weight is 398 g/mol. The number of amides is 1. The second kappa shape index (κ2) is 7.68. The number of carbonyl (C=O) groups is 1. The van der Waals surface area contributed by atoms with E-state index in [0.29, 0.717) is 36.9 Å². The zero-order valence-electron chi connectivity index (χ0n) is 13.7. The number of hydroxylamine groups is 1. The van der Waals surface area contributed by atoms with Crippen LogP contribution in [0.1, 0.15) is 15.2 Å². The van der Waals surface area contributed by atoms with Crippen LogP contribution < -0.4 is 10.4 Å². The van der Waals surface area contributed by atoms with Crippen molar-refractivity contribution in [2.24, 2.45) is 0 Å². The summed E-state index contributed by atoms with van der Waals surface area (Å²) >= 11 is 1.13. The first-order valence-electron chi connectivity index (χ1n) is 7.81. The maximum atomic E-state index is 12.7. The van der Waals surface area contributed by atoms with Crippen molar-refractivity contribution < 1.29 is 23.5 Å². The lowest BCUT2D eigenvalue weighted by Gasteiger charge is -2.33. The number of nitrogens with one attached hydrogen (secondary N) is 1. The zero-order valence-corrected chi connectivity index (χ0v) is 15.3. The number of nitrogens with zero attached hydrogens (tertiary/aromatic N) is 3. The van der Waals surface area contributed by atoms with Gasteiger partial charge in [0, 0.05) is 26.2 Å². The van der Waals surface area contributed by atoms with Crippen LogP contribution in [-0.2, 0) is 16.6 Å². The maximum absolute atomic E-state index is 12.7. The van der Waals surface area contributed by atoms with E-state index in [1.54, 1.807) is 17.6 Å². The van der Waals surface area contributed by atoms with E-state index in [1.165, 1.54) is 22.6 Å². The monoisotopic (exact) mass is 398 g/mol. The van der Waals surface area contributed by atoms with Crippen LogP contribution in [0.4, 0.5) is 5.13 Å². The van der Waals surface area contributed by atoms with E-state index in [2.05, 4.69) is 4.98 Å². The summed E-state index contributed by atoms with van der Waals surface area (Å²) in [6.07, 6.45) is 1.37. The number of aliphatic hydroxyl groups is 1. The third kappa shape index (κ3) is 3.71. The highest BCUT2D eigenvalue weighted by molar-refractivity contribution is 7.89. The van der Waals surface area contributed by atoms with Crippen LogP contribution in [0.25, 0.3) is 0 Å². The first-order chi connectivity index (χ1) is 12.5. The van der Waals surface area contributed by atoms with Crippen LogP contribution in [0.2, 0.25) is 0 Å².